The van der Waals surface area contributed by atoms with Crippen LogP contribution in [0.2, 0.25) is 10.3 Å². The molecule has 12 N–H and O–H groups in total. The number of amides is 3. The van der Waals surface area contributed by atoms with Crippen molar-refractivity contribution in [2.45, 2.75) is 32.6 Å². The molecule has 0 radical (unpaired) electrons. The van der Waals surface area contributed by atoms with Crippen molar-refractivity contribution in [2.24, 2.45) is 17.2 Å². The molecule has 428 valence electrons. The Morgan fingerprint density at radius 3 is 1.50 bits per heavy atom. The van der Waals surface area contributed by atoms with E-state index in [-0.39, 0.29) is 94.1 Å². The molecule has 82 heavy (non-hydrogen) atoms. The first-order chi connectivity index (χ1) is 37.8. The second kappa shape index (κ2) is 42.2. The number of hydrogen-bond donors (Lipinski definition) is 9. The van der Waals surface area contributed by atoms with Crippen molar-refractivity contribution in [1.82, 2.24) is 39.9 Å². The first-order valence-electron chi connectivity index (χ1n) is 20.7. The molecule has 0 aliphatic carbocycles. The quantitative estimate of drug-likeness (QED) is 0.0101. The van der Waals surface area contributed by atoms with Crippen LogP contribution in [0.25, 0.3) is 11.6 Å². The number of nitrogens with two attached hydrogens (primary N) is 3. The zero-order valence-electron chi connectivity index (χ0n) is 41.8. The number of phenolic OH excluding ortho intramolecular Hbond substituents is 4. The van der Waals surface area contributed by atoms with E-state index in [1.807, 2.05) is 18.2 Å². The Morgan fingerprint density at radius 1 is 0.720 bits per heavy atom. The average Bonchev–Trinajstić information content (AvgIpc) is 3.35. The van der Waals surface area contributed by atoms with Crippen LogP contribution < -0.4 is 57.4 Å². The van der Waals surface area contributed by atoms with Gasteiger partial charge in [0.1, 0.15) is 46.6 Å². The number of nitro benzene ring substituents is 2. The van der Waals surface area contributed by atoms with Crippen LogP contribution in [0.1, 0.15) is 52.6 Å². The summed E-state index contributed by atoms with van der Waals surface area (Å²) in [6.07, 6.45) is 7.63. The molecule has 0 spiro atoms. The summed E-state index contributed by atoms with van der Waals surface area (Å²) in [7, 11) is 0. The number of carbonyl (C=O) groups excluding carboxylic acids is 4. The molecule has 0 aliphatic rings. The smallest absolute Gasteiger partial charge is 0.855 e. The summed E-state index contributed by atoms with van der Waals surface area (Å²) in [5, 5.41) is 98.5. The molecule has 4 aromatic heterocycles. The Bertz CT molecular complexity index is 3330. The van der Waals surface area contributed by atoms with E-state index in [9.17, 15) is 59.0 Å². The summed E-state index contributed by atoms with van der Waals surface area (Å²) < 4.78 is 9.51. The Hall–Kier alpha value is -8.71. The van der Waals surface area contributed by atoms with Gasteiger partial charge in [0.15, 0.2) is 17.3 Å². The Morgan fingerprint density at radius 2 is 1.13 bits per heavy atom. The number of phenols is 4. The Balaban J connectivity index is -0.000000913. The number of hydrogen-bond acceptors (Lipinski definition) is 26. The predicted molar refractivity (Wildman–Crippen MR) is 285 cm³/mol. The van der Waals surface area contributed by atoms with Gasteiger partial charge in [-0.1, -0.05) is 30.1 Å². The second-order valence-corrected chi connectivity index (χ2v) is 20.9. The molecule has 3 amide bonds. The SMILES string of the molecule is CC[O-].N#C/C(=C\c1cc(O)c(O)c([N+](=O)[O-])c1)c1ncccn1.N#CCc1nc(Cl)cc(Cl)n1.N#CCc1ncccn1.NC(=O)CC(N)=O.NC(=O)Cc1nc(O)cc(=O)[nH]1.O=Cc1cc(O)c(O)c([N+](=O)[O-])c1.O=P(Cl)(Cl)Cl.[Na+]. The summed E-state index contributed by atoms with van der Waals surface area (Å²) in [5.41, 5.74) is 12.2. The first kappa shape index (κ1) is 77.5. The van der Waals surface area contributed by atoms with Gasteiger partial charge in [-0.25, -0.2) is 29.9 Å². The molecule has 2 aromatic carbocycles. The number of carbonyl (C=O) groups is 4. The number of benzene rings is 2. The molecule has 0 fully saturated rings. The normalized spacial score (nSPS) is 9.49. The van der Waals surface area contributed by atoms with Crippen LogP contribution in [0.15, 0.2) is 78.1 Å². The zero-order chi connectivity index (χ0) is 62.4. The molecule has 0 aliphatic heterocycles. The number of halogens is 5. The minimum Gasteiger partial charge on any atom is -0.855 e. The molecule has 4 heterocycles. The van der Waals surface area contributed by atoms with E-state index in [1.54, 1.807) is 31.5 Å². The van der Waals surface area contributed by atoms with E-state index in [4.69, 9.17) is 65.1 Å². The van der Waals surface area contributed by atoms with Crippen LogP contribution in [0.4, 0.5) is 11.4 Å². The van der Waals surface area contributed by atoms with E-state index >= 15 is 0 Å². The van der Waals surface area contributed by atoms with E-state index in [1.165, 1.54) is 24.5 Å². The molecule has 6 aromatic rings. The maximum absolute atomic E-state index is 10.8. The molecule has 0 saturated heterocycles. The number of aromatic amines is 1. The molecular weight excluding hydrogens is 1230 g/mol. The number of rotatable bonds is 11. The van der Waals surface area contributed by atoms with E-state index < -0.39 is 78.6 Å². The van der Waals surface area contributed by atoms with E-state index in [0.29, 0.717) is 24.4 Å². The summed E-state index contributed by atoms with van der Waals surface area (Å²) in [6.45, 7) is 1.57. The van der Waals surface area contributed by atoms with Gasteiger partial charge < -0.3 is 52.8 Å². The second-order valence-electron chi connectivity index (χ2n) is 13.4. The van der Waals surface area contributed by atoms with Crippen molar-refractivity contribution in [3.63, 3.8) is 0 Å². The van der Waals surface area contributed by atoms with Crippen LogP contribution in [-0.4, -0.2) is 106 Å². The van der Waals surface area contributed by atoms with Gasteiger partial charge in [0.2, 0.25) is 35.1 Å². The van der Waals surface area contributed by atoms with Crippen LogP contribution in [0.3, 0.4) is 0 Å². The van der Waals surface area contributed by atoms with Gasteiger partial charge in [-0.2, -0.15) is 20.8 Å². The van der Waals surface area contributed by atoms with Crippen LogP contribution in [0.5, 0.6) is 28.9 Å². The number of allylic oxidation sites excluding steroid dienone is 1. The number of aldehydes is 1. The number of nitrogens with one attached hydrogen (secondary N) is 1. The molecule has 0 bridgehead atoms. The van der Waals surface area contributed by atoms with Gasteiger partial charge in [0, 0.05) is 48.5 Å². The van der Waals surface area contributed by atoms with Crippen molar-refractivity contribution >= 4 is 109 Å². The molecule has 32 nitrogen and oxygen atoms in total. The molecule has 0 saturated carbocycles. The maximum Gasteiger partial charge on any atom is 1.00 e. The third kappa shape index (κ3) is 37.2. The van der Waals surface area contributed by atoms with Gasteiger partial charge >= 0.3 is 46.1 Å². The largest absolute Gasteiger partial charge is 1.00 e. The fourth-order valence-corrected chi connectivity index (χ4v) is 4.88. The fraction of sp³-hybridized carbons (Fsp3) is 0.140. The van der Waals surface area contributed by atoms with Gasteiger partial charge in [0.25, 0.3) is 5.56 Å². The number of aromatic nitrogens is 8. The van der Waals surface area contributed by atoms with Crippen LogP contribution in [-0.2, 0) is 38.2 Å². The van der Waals surface area contributed by atoms with Crippen molar-refractivity contribution in [2.75, 3.05) is 6.61 Å². The Labute approximate surface area is 507 Å². The van der Waals surface area contributed by atoms with Crippen molar-refractivity contribution in [3.8, 4) is 47.1 Å². The number of H-pyrrole nitrogens is 1. The fourth-order valence-electron chi connectivity index (χ4n) is 4.42. The third-order valence-electron chi connectivity index (χ3n) is 7.22. The summed E-state index contributed by atoms with van der Waals surface area (Å²) in [6, 6.07) is 15.3. The zero-order valence-corrected chi connectivity index (χ0v) is 48.5. The topological polar surface area (TPSA) is 568 Å². The monoisotopic (exact) mass is 1260 g/mol. The number of nitrogens with zero attached hydrogens (tertiary/aromatic N) is 12. The first-order valence-corrected chi connectivity index (χ1v) is 25.9. The minimum absolute atomic E-state index is 0. The van der Waals surface area contributed by atoms with Gasteiger partial charge in [0.05, 0.1) is 52.9 Å². The molecule has 0 unspecified atom stereocenters. The average molecular weight is 1270 g/mol. The summed E-state index contributed by atoms with van der Waals surface area (Å²) in [5.74, 6) is -4.27. The maximum atomic E-state index is 10.8. The van der Waals surface area contributed by atoms with Crippen molar-refractivity contribution < 1.29 is 93.8 Å². The van der Waals surface area contributed by atoms with Gasteiger partial charge in [-0.05, 0) is 69.6 Å². The van der Waals surface area contributed by atoms with Crippen LogP contribution >= 0.6 is 62.1 Å². The molecular formula is C43H39Cl5N16NaO16P. The van der Waals surface area contributed by atoms with Crippen LogP contribution in [0, 0.1) is 54.2 Å². The van der Waals surface area contributed by atoms with E-state index in [0.717, 1.165) is 30.3 Å². The summed E-state index contributed by atoms with van der Waals surface area (Å²) >= 11 is 24.9. The number of nitriles is 3. The predicted octanol–water partition coefficient (Wildman–Crippen LogP) is 1.10. The Kier molecular flexibility index (Phi) is 39.9. The van der Waals surface area contributed by atoms with Gasteiger partial charge in [-0.3, -0.25) is 48.8 Å². The van der Waals surface area contributed by atoms with Gasteiger partial charge in [-0.15, -0.1) is 6.61 Å². The number of nitro groups is 2. The van der Waals surface area contributed by atoms with Crippen molar-refractivity contribution in [1.29, 1.82) is 15.8 Å². The molecule has 39 heteroatoms. The van der Waals surface area contributed by atoms with E-state index in [2.05, 4.69) is 85.1 Å². The number of primary amides is 3. The molecule has 6 rings (SSSR count). The van der Waals surface area contributed by atoms with Crippen molar-refractivity contribution in [3.05, 3.63) is 149 Å². The molecule has 0 atom stereocenters. The minimum atomic E-state index is -3.22. The third-order valence-corrected chi connectivity index (χ3v) is 7.61. The summed E-state index contributed by atoms with van der Waals surface area (Å²) in [4.78, 5) is 98.8. The number of aromatic hydroxyl groups is 5. The standard InChI is InChI=1S/C13H8N4O4.C7H5NO5.C6H3Cl2N3.C6H7N3O3.C6H5N3.C3H6N2O2.C2H5O.Cl3OP.Na/c14-7-9(13-15-2-1-3-16-13)4-8-5-10(17(20)21)12(19)11(18)6-8;9-3-4-1-5(8(12)13)7(11)6(10)2-4;7-4-3-5(8)11-6(10-4)1-2-9;7-3(10)1-4-8-5(11)2-6(12)9-4;7-3-2-6-8-4-1-5-9-6;4-2(6)1-3(5)7;1-2-3;1-5(2,3)4;/h1-6,18-19H;1-3,10-11H;3H,1H2;2H,1H2,(H2,7,10)(H2,8,9,11,12);1,4-5H,2H2;1H2,(H2,4,6)(H2,5,7);2H2,1H3;;/q;;;;;;-1;;+1/b9-4+;;;;;;;;.